The van der Waals surface area contributed by atoms with Crippen molar-refractivity contribution in [1.82, 2.24) is 5.32 Å². The number of nitrogens with one attached hydrogen (secondary N) is 2. The smallest absolute Gasteiger partial charge is 0.255 e. The summed E-state index contributed by atoms with van der Waals surface area (Å²) >= 11 is 0. The third-order valence-electron chi connectivity index (χ3n) is 4.80. The molecule has 3 atom stereocenters. The maximum absolute atomic E-state index is 12.2. The van der Waals surface area contributed by atoms with Crippen molar-refractivity contribution in [3.63, 3.8) is 0 Å². The van der Waals surface area contributed by atoms with Crippen molar-refractivity contribution in [3.8, 4) is 11.5 Å². The molecular weight excluding hydrogens is 308 g/mol. The number of rotatable bonds is 5. The Balaban J connectivity index is 1.49. The van der Waals surface area contributed by atoms with E-state index >= 15 is 0 Å². The number of likely N-dealkylation sites (tertiary alicyclic amines) is 1. The molecule has 24 heavy (non-hydrogen) atoms. The Morgan fingerprint density at radius 2 is 2.00 bits per heavy atom. The Bertz CT molecular complexity index is 560. The Labute approximate surface area is 142 Å². The SMILES string of the molecule is C[C@@H](NC(=O)[C@H](O)C[NH+]1CCCCC1)[C@@H]1COc2ccccc2O1. The van der Waals surface area contributed by atoms with Gasteiger partial charge in [0.15, 0.2) is 23.7 Å². The maximum Gasteiger partial charge on any atom is 0.255 e. The fraction of sp³-hybridized carbons (Fsp3) is 0.611. The van der Waals surface area contributed by atoms with Crippen LogP contribution in [-0.4, -0.2) is 55.5 Å². The van der Waals surface area contributed by atoms with Gasteiger partial charge in [-0.15, -0.1) is 0 Å². The molecule has 2 aliphatic heterocycles. The molecule has 1 saturated heterocycles. The highest BCUT2D eigenvalue weighted by Crippen LogP contribution is 2.31. The van der Waals surface area contributed by atoms with Crippen LogP contribution in [0.3, 0.4) is 0 Å². The van der Waals surface area contributed by atoms with Crippen LogP contribution in [0.5, 0.6) is 11.5 Å². The van der Waals surface area contributed by atoms with Gasteiger partial charge in [-0.1, -0.05) is 12.1 Å². The van der Waals surface area contributed by atoms with E-state index in [0.717, 1.165) is 18.8 Å². The number of amides is 1. The molecule has 0 unspecified atom stereocenters. The topological polar surface area (TPSA) is 72.2 Å². The molecule has 132 valence electrons. The van der Waals surface area contributed by atoms with Crippen molar-refractivity contribution in [3.05, 3.63) is 24.3 Å². The van der Waals surface area contributed by atoms with E-state index in [9.17, 15) is 9.90 Å². The van der Waals surface area contributed by atoms with E-state index < -0.39 is 6.10 Å². The molecule has 6 heteroatoms. The van der Waals surface area contributed by atoms with Gasteiger partial charge in [-0.3, -0.25) is 4.79 Å². The molecule has 0 saturated carbocycles. The van der Waals surface area contributed by atoms with Gasteiger partial charge in [0, 0.05) is 0 Å². The molecule has 1 aromatic rings. The summed E-state index contributed by atoms with van der Waals surface area (Å²) in [5, 5.41) is 13.0. The number of benzene rings is 1. The van der Waals surface area contributed by atoms with E-state index in [2.05, 4.69) is 5.32 Å². The molecule has 6 nitrogen and oxygen atoms in total. The zero-order valence-electron chi connectivity index (χ0n) is 14.2. The lowest BCUT2D eigenvalue weighted by Gasteiger charge is -2.31. The van der Waals surface area contributed by atoms with Gasteiger partial charge in [-0.05, 0) is 38.3 Å². The summed E-state index contributed by atoms with van der Waals surface area (Å²) in [6.45, 7) is 4.81. The van der Waals surface area contributed by atoms with E-state index in [4.69, 9.17) is 9.47 Å². The van der Waals surface area contributed by atoms with Gasteiger partial charge in [-0.2, -0.15) is 0 Å². The lowest BCUT2D eigenvalue weighted by atomic mass is 10.1. The largest absolute Gasteiger partial charge is 0.486 e. The van der Waals surface area contributed by atoms with E-state index in [1.165, 1.54) is 24.2 Å². The number of carbonyl (C=O) groups is 1. The molecule has 1 aromatic carbocycles. The van der Waals surface area contributed by atoms with E-state index in [-0.39, 0.29) is 18.1 Å². The van der Waals surface area contributed by atoms with Crippen LogP contribution in [0.15, 0.2) is 24.3 Å². The minimum atomic E-state index is -0.975. The van der Waals surface area contributed by atoms with Crippen molar-refractivity contribution < 1.29 is 24.3 Å². The number of hydrogen-bond acceptors (Lipinski definition) is 4. The van der Waals surface area contributed by atoms with Crippen LogP contribution in [-0.2, 0) is 4.79 Å². The molecule has 0 spiro atoms. The fourth-order valence-corrected chi connectivity index (χ4v) is 3.32. The summed E-state index contributed by atoms with van der Waals surface area (Å²) in [5.74, 6) is 1.08. The summed E-state index contributed by atoms with van der Waals surface area (Å²) in [7, 11) is 0. The quantitative estimate of drug-likeness (QED) is 0.695. The summed E-state index contributed by atoms with van der Waals surface area (Å²) in [5.41, 5.74) is 0. The van der Waals surface area contributed by atoms with Crippen LogP contribution >= 0.6 is 0 Å². The van der Waals surface area contributed by atoms with Crippen LogP contribution < -0.4 is 19.7 Å². The molecule has 1 fully saturated rings. The van der Waals surface area contributed by atoms with Crippen LogP contribution in [0, 0.1) is 0 Å². The number of para-hydroxylation sites is 2. The summed E-state index contributed by atoms with van der Waals surface area (Å²) in [6.07, 6.45) is 2.36. The van der Waals surface area contributed by atoms with Gasteiger partial charge < -0.3 is 24.8 Å². The normalized spacial score (nSPS) is 23.3. The zero-order chi connectivity index (χ0) is 16.9. The minimum Gasteiger partial charge on any atom is -0.486 e. The van der Waals surface area contributed by atoms with Crippen LogP contribution in [0.2, 0.25) is 0 Å². The molecule has 2 heterocycles. The molecule has 0 bridgehead atoms. The molecule has 0 aromatic heterocycles. The third kappa shape index (κ3) is 4.19. The van der Waals surface area contributed by atoms with Crippen molar-refractivity contribution in [2.24, 2.45) is 0 Å². The fourth-order valence-electron chi connectivity index (χ4n) is 3.32. The van der Waals surface area contributed by atoms with Crippen molar-refractivity contribution >= 4 is 5.91 Å². The second-order valence-corrected chi connectivity index (χ2v) is 6.74. The second kappa shape index (κ2) is 7.85. The molecule has 1 amide bonds. The third-order valence-corrected chi connectivity index (χ3v) is 4.80. The number of ether oxygens (including phenoxy) is 2. The highest BCUT2D eigenvalue weighted by Gasteiger charge is 2.30. The molecule has 0 aliphatic carbocycles. The Hall–Kier alpha value is -1.79. The van der Waals surface area contributed by atoms with Crippen molar-refractivity contribution in [1.29, 1.82) is 0 Å². The molecule has 3 rings (SSSR count). The molecule has 2 aliphatic rings. The van der Waals surface area contributed by atoms with Crippen LogP contribution in [0.4, 0.5) is 0 Å². The predicted molar refractivity (Wildman–Crippen MR) is 89.4 cm³/mol. The Morgan fingerprint density at radius 3 is 2.75 bits per heavy atom. The highest BCUT2D eigenvalue weighted by atomic mass is 16.6. The number of piperidine rings is 1. The van der Waals surface area contributed by atoms with Gasteiger partial charge in [-0.25, -0.2) is 0 Å². The van der Waals surface area contributed by atoms with E-state index in [1.54, 1.807) is 0 Å². The average molecular weight is 335 g/mol. The lowest BCUT2D eigenvalue weighted by Crippen LogP contribution is -3.14. The summed E-state index contributed by atoms with van der Waals surface area (Å²) in [6, 6.07) is 7.26. The first-order valence-electron chi connectivity index (χ1n) is 8.84. The Morgan fingerprint density at radius 1 is 1.29 bits per heavy atom. The van der Waals surface area contributed by atoms with Crippen molar-refractivity contribution in [2.45, 2.75) is 44.4 Å². The average Bonchev–Trinajstić information content (AvgIpc) is 2.62. The first-order chi connectivity index (χ1) is 11.6. The van der Waals surface area contributed by atoms with Gasteiger partial charge in [0.2, 0.25) is 0 Å². The molecule has 3 N–H and O–H groups in total. The standard InChI is InChI=1S/C18H26N2O4/c1-13(17-12-23-15-7-3-4-8-16(15)24-17)19-18(22)14(21)11-20-9-5-2-6-10-20/h3-4,7-8,13-14,17,21H,2,5-6,9-12H2,1H3,(H,19,22)/p+1/t13-,14-,17+/m1/s1. The highest BCUT2D eigenvalue weighted by molar-refractivity contribution is 5.80. The zero-order valence-corrected chi connectivity index (χ0v) is 14.2. The van der Waals surface area contributed by atoms with Crippen LogP contribution in [0.1, 0.15) is 26.2 Å². The number of quaternary nitrogens is 1. The van der Waals surface area contributed by atoms with Gasteiger partial charge >= 0.3 is 0 Å². The van der Waals surface area contributed by atoms with Gasteiger partial charge in [0.1, 0.15) is 13.2 Å². The summed E-state index contributed by atoms with van der Waals surface area (Å²) in [4.78, 5) is 13.6. The first kappa shape index (κ1) is 17.0. The van der Waals surface area contributed by atoms with Crippen molar-refractivity contribution in [2.75, 3.05) is 26.2 Å². The number of hydrogen-bond donors (Lipinski definition) is 3. The van der Waals surface area contributed by atoms with E-state index in [1.807, 2.05) is 31.2 Å². The number of carbonyl (C=O) groups excluding carboxylic acids is 1. The second-order valence-electron chi connectivity index (χ2n) is 6.74. The number of aliphatic hydroxyl groups excluding tert-OH is 1. The van der Waals surface area contributed by atoms with Gasteiger partial charge in [0.25, 0.3) is 5.91 Å². The van der Waals surface area contributed by atoms with E-state index in [0.29, 0.717) is 18.9 Å². The van der Waals surface area contributed by atoms with Crippen LogP contribution in [0.25, 0.3) is 0 Å². The minimum absolute atomic E-state index is 0.239. The predicted octanol–water partition coefficient (Wildman–Crippen LogP) is -0.239. The number of fused-ring (bicyclic) bond motifs is 1. The molecule has 0 radical (unpaired) electrons. The maximum atomic E-state index is 12.2. The number of aliphatic hydroxyl groups is 1. The lowest BCUT2D eigenvalue weighted by molar-refractivity contribution is -0.906. The van der Waals surface area contributed by atoms with Gasteiger partial charge in [0.05, 0.1) is 19.1 Å². The monoisotopic (exact) mass is 335 g/mol. The Kier molecular flexibility index (Phi) is 5.58. The summed E-state index contributed by atoms with van der Waals surface area (Å²) < 4.78 is 11.6. The molecular formula is C18H27N2O4+. The first-order valence-corrected chi connectivity index (χ1v) is 8.84.